The number of nitrogens with zero attached hydrogens (tertiary/aromatic N) is 4. The number of aromatic amines is 1. The van der Waals surface area contributed by atoms with Crippen molar-refractivity contribution >= 4 is 16.8 Å². The number of imidazole rings is 1. The predicted octanol–water partition coefficient (Wildman–Crippen LogP) is 4.19. The summed E-state index contributed by atoms with van der Waals surface area (Å²) in [5, 5.41) is 1.24. The van der Waals surface area contributed by atoms with Crippen molar-refractivity contribution in [1.82, 2.24) is 24.4 Å². The van der Waals surface area contributed by atoms with E-state index in [0.717, 1.165) is 41.3 Å². The van der Waals surface area contributed by atoms with E-state index in [4.69, 9.17) is 4.98 Å². The molecule has 3 aromatic heterocycles. The maximum atomic E-state index is 13.4. The number of hydrogen-bond acceptors (Lipinski definition) is 3. The number of para-hydroxylation sites is 1. The topological polar surface area (TPSA) is 66.8 Å². The van der Waals surface area contributed by atoms with E-state index >= 15 is 0 Å². The molecule has 0 bridgehead atoms. The summed E-state index contributed by atoms with van der Waals surface area (Å²) in [6, 6.07) is 14.2. The van der Waals surface area contributed by atoms with E-state index in [-0.39, 0.29) is 11.9 Å². The van der Waals surface area contributed by atoms with E-state index in [9.17, 15) is 4.79 Å². The Balaban J connectivity index is 1.51. The second-order valence-corrected chi connectivity index (χ2v) is 8.15. The molecule has 0 unspecified atom stereocenters. The van der Waals surface area contributed by atoms with Crippen LogP contribution in [0, 0.1) is 6.92 Å². The highest BCUT2D eigenvalue weighted by atomic mass is 16.2. The molecule has 1 aliphatic rings. The Kier molecular flexibility index (Phi) is 5.06. The van der Waals surface area contributed by atoms with Crippen molar-refractivity contribution in [3.63, 3.8) is 0 Å². The summed E-state index contributed by atoms with van der Waals surface area (Å²) in [4.78, 5) is 28.2. The molecule has 31 heavy (non-hydrogen) atoms. The standard InChI is InChI=1S/C25H27N5O/c1-3-22-26-13-16-29(22)14-12-23(31)30-15-11-19-18-8-4-5-9-20(18)28-24(19)25(30)21-10-6-7-17(2)27-21/h4-10,13,16,25,28H,3,11-12,14-15H2,1-2H3/t25-/m0/s1. The minimum atomic E-state index is -0.197. The third-order valence-electron chi connectivity index (χ3n) is 6.23. The van der Waals surface area contributed by atoms with Gasteiger partial charge < -0.3 is 14.5 Å². The fourth-order valence-electron chi connectivity index (χ4n) is 4.75. The second-order valence-electron chi connectivity index (χ2n) is 8.15. The first-order valence-corrected chi connectivity index (χ1v) is 11.0. The molecule has 1 N–H and O–H groups in total. The van der Waals surface area contributed by atoms with E-state index < -0.39 is 0 Å². The molecule has 5 rings (SSSR count). The molecule has 1 aromatic carbocycles. The van der Waals surface area contributed by atoms with Crippen molar-refractivity contribution in [3.8, 4) is 0 Å². The largest absolute Gasteiger partial charge is 0.356 e. The summed E-state index contributed by atoms with van der Waals surface area (Å²) in [5.74, 6) is 1.16. The van der Waals surface area contributed by atoms with Crippen molar-refractivity contribution in [1.29, 1.82) is 0 Å². The molecule has 1 aliphatic heterocycles. The summed E-state index contributed by atoms with van der Waals surface area (Å²) in [6.07, 6.45) is 5.91. The number of pyridine rings is 1. The number of aromatic nitrogens is 4. The van der Waals surface area contributed by atoms with Gasteiger partial charge in [-0.1, -0.05) is 31.2 Å². The Bertz CT molecular complexity index is 1240. The number of rotatable bonds is 5. The van der Waals surface area contributed by atoms with Gasteiger partial charge in [0.2, 0.25) is 5.91 Å². The van der Waals surface area contributed by atoms with E-state index in [1.165, 1.54) is 10.9 Å². The number of carbonyl (C=O) groups excluding carboxylic acids is 1. The van der Waals surface area contributed by atoms with Crippen molar-refractivity contribution in [2.45, 2.75) is 45.7 Å². The minimum absolute atomic E-state index is 0.147. The van der Waals surface area contributed by atoms with Crippen molar-refractivity contribution < 1.29 is 4.79 Å². The third-order valence-corrected chi connectivity index (χ3v) is 6.23. The first-order chi connectivity index (χ1) is 15.2. The molecule has 0 fully saturated rings. The summed E-state index contributed by atoms with van der Waals surface area (Å²) >= 11 is 0. The average Bonchev–Trinajstić information content (AvgIpc) is 3.40. The van der Waals surface area contributed by atoms with E-state index in [1.807, 2.05) is 42.3 Å². The van der Waals surface area contributed by atoms with Crippen LogP contribution in [0.1, 0.15) is 47.9 Å². The Morgan fingerprint density at radius 3 is 2.90 bits per heavy atom. The molecule has 6 heteroatoms. The normalized spacial score (nSPS) is 15.9. The molecular formula is C25H27N5O. The molecule has 0 saturated heterocycles. The highest BCUT2D eigenvalue weighted by molar-refractivity contribution is 5.86. The number of nitrogens with one attached hydrogen (secondary N) is 1. The van der Waals surface area contributed by atoms with Crippen LogP contribution in [0.3, 0.4) is 0 Å². The lowest BCUT2D eigenvalue weighted by Gasteiger charge is -2.36. The lowest BCUT2D eigenvalue weighted by Crippen LogP contribution is -2.41. The number of carbonyl (C=O) groups is 1. The van der Waals surface area contributed by atoms with Crippen LogP contribution in [0.2, 0.25) is 0 Å². The van der Waals surface area contributed by atoms with Gasteiger partial charge in [0, 0.05) is 60.6 Å². The number of fused-ring (bicyclic) bond motifs is 3. The quantitative estimate of drug-likeness (QED) is 0.533. The molecule has 6 nitrogen and oxygen atoms in total. The van der Waals surface area contributed by atoms with Crippen LogP contribution in [0.15, 0.2) is 54.9 Å². The number of aryl methyl sites for hydroxylation is 3. The predicted molar refractivity (Wildman–Crippen MR) is 121 cm³/mol. The Morgan fingerprint density at radius 1 is 1.19 bits per heavy atom. The van der Waals surface area contributed by atoms with Crippen LogP contribution >= 0.6 is 0 Å². The third kappa shape index (κ3) is 3.52. The Morgan fingerprint density at radius 2 is 2.06 bits per heavy atom. The molecule has 0 aliphatic carbocycles. The minimum Gasteiger partial charge on any atom is -0.356 e. The zero-order chi connectivity index (χ0) is 21.4. The van der Waals surface area contributed by atoms with Gasteiger partial charge in [-0.25, -0.2) is 4.98 Å². The van der Waals surface area contributed by atoms with Gasteiger partial charge in [0.05, 0.1) is 5.69 Å². The highest BCUT2D eigenvalue weighted by Crippen LogP contribution is 2.38. The summed E-state index contributed by atoms with van der Waals surface area (Å²) in [5.41, 5.74) is 5.38. The lowest BCUT2D eigenvalue weighted by molar-refractivity contribution is -0.133. The average molecular weight is 414 g/mol. The molecule has 0 radical (unpaired) electrons. The molecule has 0 saturated carbocycles. The molecule has 1 amide bonds. The molecule has 1 atom stereocenters. The van der Waals surface area contributed by atoms with Crippen molar-refractivity contribution in [2.75, 3.05) is 6.54 Å². The molecule has 4 heterocycles. The lowest BCUT2D eigenvalue weighted by atomic mass is 9.94. The second kappa shape index (κ2) is 8.02. The number of H-pyrrole nitrogens is 1. The zero-order valence-electron chi connectivity index (χ0n) is 18.0. The summed E-state index contributed by atoms with van der Waals surface area (Å²) < 4.78 is 2.08. The van der Waals surface area contributed by atoms with Crippen molar-refractivity contribution in [2.24, 2.45) is 0 Å². The monoisotopic (exact) mass is 413 g/mol. The maximum Gasteiger partial charge on any atom is 0.225 e. The first kappa shape index (κ1) is 19.5. The molecule has 4 aromatic rings. The first-order valence-electron chi connectivity index (χ1n) is 11.0. The van der Waals surface area contributed by atoms with Gasteiger partial charge in [-0.05, 0) is 37.1 Å². The molecule has 0 spiro atoms. The van der Waals surface area contributed by atoms with Gasteiger partial charge in [0.15, 0.2) is 0 Å². The van der Waals surface area contributed by atoms with Gasteiger partial charge in [0.25, 0.3) is 0 Å². The van der Waals surface area contributed by atoms with Crippen molar-refractivity contribution in [3.05, 3.63) is 83.3 Å². The van der Waals surface area contributed by atoms with Gasteiger partial charge >= 0.3 is 0 Å². The SMILES string of the molecule is CCc1nccn1CCC(=O)N1CCc2c([nH]c3ccccc23)[C@@H]1c1cccc(C)n1. The Hall–Kier alpha value is -3.41. The van der Waals surface area contributed by atoms with Gasteiger partial charge in [-0.2, -0.15) is 0 Å². The van der Waals surface area contributed by atoms with Crippen LogP contribution in [-0.2, 0) is 24.2 Å². The van der Waals surface area contributed by atoms with Gasteiger partial charge in [0.1, 0.15) is 11.9 Å². The fourth-order valence-corrected chi connectivity index (χ4v) is 4.75. The smallest absolute Gasteiger partial charge is 0.225 e. The van der Waals surface area contributed by atoms with Crippen LogP contribution in [0.4, 0.5) is 0 Å². The van der Waals surface area contributed by atoms with E-state index in [2.05, 4.69) is 39.7 Å². The fraction of sp³-hybridized carbons (Fsp3) is 0.320. The molecular weight excluding hydrogens is 386 g/mol. The zero-order valence-corrected chi connectivity index (χ0v) is 18.0. The summed E-state index contributed by atoms with van der Waals surface area (Å²) in [7, 11) is 0. The number of amides is 1. The molecule has 158 valence electrons. The summed E-state index contributed by atoms with van der Waals surface area (Å²) in [6.45, 7) is 5.42. The van der Waals surface area contributed by atoms with E-state index in [0.29, 0.717) is 19.5 Å². The van der Waals surface area contributed by atoms with Crippen LogP contribution in [0.5, 0.6) is 0 Å². The van der Waals surface area contributed by atoms with E-state index in [1.54, 1.807) is 6.20 Å². The number of benzene rings is 1. The van der Waals surface area contributed by atoms with Crippen LogP contribution in [-0.4, -0.2) is 36.9 Å². The van der Waals surface area contributed by atoms with Crippen LogP contribution in [0.25, 0.3) is 10.9 Å². The Labute approximate surface area is 181 Å². The van der Waals surface area contributed by atoms with Gasteiger partial charge in [-0.15, -0.1) is 0 Å². The number of hydrogen-bond donors (Lipinski definition) is 1. The highest BCUT2D eigenvalue weighted by Gasteiger charge is 2.35. The maximum absolute atomic E-state index is 13.4. The van der Waals surface area contributed by atoms with Gasteiger partial charge in [-0.3, -0.25) is 9.78 Å². The van der Waals surface area contributed by atoms with Crippen LogP contribution < -0.4 is 0 Å².